The molecular weight excluding hydrogens is 318 g/mol. The number of fused-ring (bicyclic) bond motifs is 1. The van der Waals surface area contributed by atoms with E-state index in [-0.39, 0.29) is 23.4 Å². The molecule has 0 aliphatic carbocycles. The predicted octanol–water partition coefficient (Wildman–Crippen LogP) is 1.95. The second-order valence-corrected chi connectivity index (χ2v) is 5.48. The third-order valence-electron chi connectivity index (χ3n) is 3.87. The summed E-state index contributed by atoms with van der Waals surface area (Å²) in [6, 6.07) is 1.26. The summed E-state index contributed by atoms with van der Waals surface area (Å²) in [5, 5.41) is 10.7. The van der Waals surface area contributed by atoms with Crippen LogP contribution in [0.4, 0.5) is 8.78 Å². The van der Waals surface area contributed by atoms with Crippen LogP contribution in [0.5, 0.6) is 0 Å². The summed E-state index contributed by atoms with van der Waals surface area (Å²) in [6.45, 7) is 3.77. The monoisotopic (exact) mass is 334 g/mol. The van der Waals surface area contributed by atoms with E-state index in [0.29, 0.717) is 5.69 Å². The molecule has 0 aliphatic rings. The van der Waals surface area contributed by atoms with Gasteiger partial charge >= 0.3 is 0 Å². The molecule has 0 atom stereocenters. The number of carbonyl (C=O) groups excluding carboxylic acids is 1. The molecule has 0 unspecified atom stereocenters. The molecule has 7 nitrogen and oxygen atoms in total. The van der Waals surface area contributed by atoms with Gasteiger partial charge in [-0.2, -0.15) is 10.2 Å². The topological polar surface area (TPSA) is 77.1 Å². The van der Waals surface area contributed by atoms with Crippen LogP contribution in [0.1, 0.15) is 39.4 Å². The zero-order valence-corrected chi connectivity index (χ0v) is 13.4. The number of aromatic nitrogens is 5. The van der Waals surface area contributed by atoms with Crippen molar-refractivity contribution in [3.63, 3.8) is 0 Å². The van der Waals surface area contributed by atoms with Crippen LogP contribution in [-0.2, 0) is 13.6 Å². The number of hydrogen-bond acceptors (Lipinski definition) is 4. The van der Waals surface area contributed by atoms with E-state index in [1.807, 2.05) is 14.0 Å². The van der Waals surface area contributed by atoms with Gasteiger partial charge in [0.1, 0.15) is 11.3 Å². The summed E-state index contributed by atoms with van der Waals surface area (Å²) in [4.78, 5) is 16.6. The minimum Gasteiger partial charge on any atom is -0.348 e. The van der Waals surface area contributed by atoms with Crippen LogP contribution in [0.3, 0.4) is 0 Å². The second kappa shape index (κ2) is 5.99. The van der Waals surface area contributed by atoms with Crippen LogP contribution in [0.25, 0.3) is 5.65 Å². The normalized spacial score (nSPS) is 11.4. The average molecular weight is 334 g/mol. The zero-order valence-electron chi connectivity index (χ0n) is 13.4. The Morgan fingerprint density at radius 3 is 2.67 bits per heavy atom. The summed E-state index contributed by atoms with van der Waals surface area (Å²) < 4.78 is 28.9. The number of carbonyl (C=O) groups is 1. The molecule has 24 heavy (non-hydrogen) atoms. The van der Waals surface area contributed by atoms with Gasteiger partial charge in [-0.15, -0.1) is 0 Å². The highest BCUT2D eigenvalue weighted by molar-refractivity contribution is 5.99. The molecule has 0 spiro atoms. The fraction of sp³-hybridized carbons (Fsp3) is 0.333. The third kappa shape index (κ3) is 2.72. The lowest BCUT2D eigenvalue weighted by molar-refractivity contribution is 0.0952. The number of aryl methyl sites for hydroxylation is 2. The fourth-order valence-corrected chi connectivity index (χ4v) is 2.42. The van der Waals surface area contributed by atoms with Crippen LogP contribution in [0.15, 0.2) is 18.5 Å². The lowest BCUT2D eigenvalue weighted by Crippen LogP contribution is -2.23. The Labute approximate surface area is 136 Å². The molecule has 126 valence electrons. The molecule has 0 radical (unpaired) electrons. The van der Waals surface area contributed by atoms with Gasteiger partial charge in [0.2, 0.25) is 0 Å². The summed E-state index contributed by atoms with van der Waals surface area (Å²) in [7, 11) is 1.81. The van der Waals surface area contributed by atoms with Gasteiger partial charge in [0, 0.05) is 30.5 Å². The summed E-state index contributed by atoms with van der Waals surface area (Å²) >= 11 is 0. The Morgan fingerprint density at radius 1 is 1.29 bits per heavy atom. The number of hydrogen-bond donors (Lipinski definition) is 1. The molecule has 1 N–H and O–H groups in total. The standard InChI is InChI=1S/C15H16F2N6O/c1-8-4-12(13(16)17)23-14(21-8)11(7-20-23)15(24)18-5-10-6-19-22(3)9(10)2/h4,6-7,13H,5H2,1-3H3,(H,18,24). The highest BCUT2D eigenvalue weighted by Gasteiger charge is 2.20. The van der Waals surface area contributed by atoms with Crippen LogP contribution >= 0.6 is 0 Å². The highest BCUT2D eigenvalue weighted by atomic mass is 19.3. The average Bonchev–Trinajstić information content (AvgIpc) is 3.09. The molecule has 0 aliphatic heterocycles. The second-order valence-electron chi connectivity index (χ2n) is 5.48. The van der Waals surface area contributed by atoms with Crippen molar-refractivity contribution in [1.82, 2.24) is 29.7 Å². The molecule has 3 aromatic rings. The van der Waals surface area contributed by atoms with Gasteiger partial charge in [-0.25, -0.2) is 18.3 Å². The van der Waals surface area contributed by atoms with Gasteiger partial charge in [-0.1, -0.05) is 0 Å². The summed E-state index contributed by atoms with van der Waals surface area (Å²) in [5.41, 5.74) is 2.19. The lowest BCUT2D eigenvalue weighted by Gasteiger charge is -2.06. The first-order valence-electron chi connectivity index (χ1n) is 7.27. The Hall–Kier alpha value is -2.84. The van der Waals surface area contributed by atoms with Crippen molar-refractivity contribution >= 4 is 11.6 Å². The van der Waals surface area contributed by atoms with Crippen molar-refractivity contribution in [2.75, 3.05) is 0 Å². The minimum absolute atomic E-state index is 0.116. The van der Waals surface area contributed by atoms with Crippen molar-refractivity contribution in [2.24, 2.45) is 7.05 Å². The maximum absolute atomic E-state index is 13.1. The fourth-order valence-electron chi connectivity index (χ4n) is 2.42. The van der Waals surface area contributed by atoms with Crippen LogP contribution in [0.2, 0.25) is 0 Å². The van der Waals surface area contributed by atoms with Gasteiger partial charge in [0.05, 0.1) is 12.4 Å². The highest BCUT2D eigenvalue weighted by Crippen LogP contribution is 2.21. The number of halogens is 2. The van der Waals surface area contributed by atoms with E-state index in [4.69, 9.17) is 0 Å². The quantitative estimate of drug-likeness (QED) is 0.791. The van der Waals surface area contributed by atoms with Crippen LogP contribution in [0, 0.1) is 13.8 Å². The molecule has 0 aromatic carbocycles. The van der Waals surface area contributed by atoms with E-state index < -0.39 is 12.3 Å². The van der Waals surface area contributed by atoms with Crippen molar-refractivity contribution in [1.29, 1.82) is 0 Å². The van der Waals surface area contributed by atoms with Crippen molar-refractivity contribution in [3.05, 3.63) is 46.7 Å². The van der Waals surface area contributed by atoms with E-state index in [2.05, 4.69) is 20.5 Å². The first-order chi connectivity index (χ1) is 11.4. The number of nitrogens with one attached hydrogen (secondary N) is 1. The molecule has 0 fully saturated rings. The molecule has 1 amide bonds. The molecule has 9 heteroatoms. The number of nitrogens with zero attached hydrogens (tertiary/aromatic N) is 5. The molecular formula is C15H16F2N6O. The predicted molar refractivity (Wildman–Crippen MR) is 81.8 cm³/mol. The Morgan fingerprint density at radius 2 is 2.04 bits per heavy atom. The Balaban J connectivity index is 1.89. The summed E-state index contributed by atoms with van der Waals surface area (Å²) in [5.74, 6) is -0.424. The van der Waals surface area contributed by atoms with Gasteiger partial charge < -0.3 is 5.32 Å². The Kier molecular flexibility index (Phi) is 4.00. The maximum atomic E-state index is 13.1. The smallest absolute Gasteiger partial charge is 0.280 e. The molecule has 3 rings (SSSR count). The molecule has 0 saturated heterocycles. The lowest BCUT2D eigenvalue weighted by atomic mass is 10.2. The van der Waals surface area contributed by atoms with E-state index in [1.54, 1.807) is 17.8 Å². The van der Waals surface area contributed by atoms with E-state index >= 15 is 0 Å². The number of rotatable bonds is 4. The van der Waals surface area contributed by atoms with E-state index in [1.165, 1.54) is 12.3 Å². The van der Waals surface area contributed by atoms with Gasteiger partial charge in [-0.3, -0.25) is 9.48 Å². The zero-order chi connectivity index (χ0) is 17.4. The summed E-state index contributed by atoms with van der Waals surface area (Å²) in [6.07, 6.45) is 0.213. The first-order valence-corrected chi connectivity index (χ1v) is 7.27. The molecule has 0 bridgehead atoms. The molecule has 0 saturated carbocycles. The number of amides is 1. The largest absolute Gasteiger partial charge is 0.348 e. The van der Waals surface area contributed by atoms with Gasteiger partial charge in [0.25, 0.3) is 12.3 Å². The first kappa shape index (κ1) is 16.0. The maximum Gasteiger partial charge on any atom is 0.280 e. The van der Waals surface area contributed by atoms with Crippen LogP contribution < -0.4 is 5.32 Å². The number of alkyl halides is 2. The Bertz CT molecular complexity index is 914. The van der Waals surface area contributed by atoms with Crippen molar-refractivity contribution in [3.8, 4) is 0 Å². The SMILES string of the molecule is Cc1cc(C(F)F)n2ncc(C(=O)NCc3cnn(C)c3C)c2n1. The van der Waals surface area contributed by atoms with Gasteiger partial charge in [0.15, 0.2) is 5.65 Å². The minimum atomic E-state index is -2.71. The van der Waals surface area contributed by atoms with Crippen LogP contribution in [-0.4, -0.2) is 30.3 Å². The van der Waals surface area contributed by atoms with E-state index in [9.17, 15) is 13.6 Å². The third-order valence-corrected chi connectivity index (χ3v) is 3.87. The molecule has 3 aromatic heterocycles. The van der Waals surface area contributed by atoms with E-state index in [0.717, 1.165) is 15.8 Å². The molecule has 3 heterocycles. The van der Waals surface area contributed by atoms with Crippen molar-refractivity contribution in [2.45, 2.75) is 26.8 Å². The van der Waals surface area contributed by atoms with Gasteiger partial charge in [-0.05, 0) is 19.9 Å². The van der Waals surface area contributed by atoms with Crippen molar-refractivity contribution < 1.29 is 13.6 Å².